The molecule has 128 valence electrons. The van der Waals surface area contributed by atoms with Crippen molar-refractivity contribution < 1.29 is 22.8 Å². The summed E-state index contributed by atoms with van der Waals surface area (Å²) in [6.07, 6.45) is -2.30. The van der Waals surface area contributed by atoms with Crippen LogP contribution in [-0.4, -0.2) is 18.4 Å². The highest BCUT2D eigenvalue weighted by Gasteiger charge is 2.33. The van der Waals surface area contributed by atoms with E-state index in [1.807, 2.05) is 0 Å². The van der Waals surface area contributed by atoms with Crippen LogP contribution in [0.2, 0.25) is 5.02 Å². The van der Waals surface area contributed by atoms with Gasteiger partial charge in [0.1, 0.15) is 0 Å². The summed E-state index contributed by atoms with van der Waals surface area (Å²) in [5.41, 5.74) is -0.919. The van der Waals surface area contributed by atoms with E-state index in [1.165, 1.54) is 13.0 Å². The summed E-state index contributed by atoms with van der Waals surface area (Å²) < 4.78 is 38.2. The number of nitrogens with one attached hydrogen (secondary N) is 2. The van der Waals surface area contributed by atoms with Gasteiger partial charge in [0.15, 0.2) is 0 Å². The zero-order chi connectivity index (χ0) is 17.5. The molecular formula is C15H18ClF3N2O2. The van der Waals surface area contributed by atoms with Crippen molar-refractivity contribution in [2.75, 3.05) is 11.9 Å². The molecule has 1 rings (SSSR count). The summed E-state index contributed by atoms with van der Waals surface area (Å²) in [5.74, 6) is -0.467. The molecule has 0 saturated heterocycles. The number of rotatable bonds is 7. The Morgan fingerprint density at radius 3 is 2.48 bits per heavy atom. The average molecular weight is 351 g/mol. The molecule has 0 heterocycles. The molecule has 23 heavy (non-hydrogen) atoms. The summed E-state index contributed by atoms with van der Waals surface area (Å²) in [6.45, 7) is 1.97. The Morgan fingerprint density at radius 1 is 1.17 bits per heavy atom. The van der Waals surface area contributed by atoms with Crippen LogP contribution in [0.1, 0.15) is 38.2 Å². The summed E-state index contributed by atoms with van der Waals surface area (Å²) >= 11 is 5.51. The molecule has 2 amide bonds. The number of alkyl halides is 3. The molecule has 0 aromatic heterocycles. The van der Waals surface area contributed by atoms with E-state index < -0.39 is 16.8 Å². The topological polar surface area (TPSA) is 58.2 Å². The van der Waals surface area contributed by atoms with Gasteiger partial charge in [-0.2, -0.15) is 13.2 Å². The van der Waals surface area contributed by atoms with Gasteiger partial charge >= 0.3 is 6.18 Å². The van der Waals surface area contributed by atoms with Crippen molar-refractivity contribution in [2.24, 2.45) is 0 Å². The quantitative estimate of drug-likeness (QED) is 0.730. The Morgan fingerprint density at radius 2 is 1.87 bits per heavy atom. The third kappa shape index (κ3) is 7.36. The molecule has 2 N–H and O–H groups in total. The van der Waals surface area contributed by atoms with Crippen LogP contribution in [0.3, 0.4) is 0 Å². The summed E-state index contributed by atoms with van der Waals surface area (Å²) in [6, 6.07) is 3.25. The van der Waals surface area contributed by atoms with Crippen LogP contribution in [0.15, 0.2) is 18.2 Å². The predicted octanol–water partition coefficient (Wildman–Crippen LogP) is 3.99. The number of carbonyl (C=O) groups is 2. The second-order valence-electron chi connectivity index (χ2n) is 5.03. The monoisotopic (exact) mass is 350 g/mol. The van der Waals surface area contributed by atoms with Gasteiger partial charge in [-0.15, -0.1) is 0 Å². The first-order valence-electron chi connectivity index (χ1n) is 7.11. The van der Waals surface area contributed by atoms with Crippen molar-refractivity contribution >= 4 is 29.1 Å². The highest BCUT2D eigenvalue weighted by molar-refractivity contribution is 6.31. The van der Waals surface area contributed by atoms with Crippen LogP contribution in [0.25, 0.3) is 0 Å². The van der Waals surface area contributed by atoms with E-state index in [-0.39, 0.29) is 23.9 Å². The largest absolute Gasteiger partial charge is 0.417 e. The maximum atomic E-state index is 12.7. The lowest BCUT2D eigenvalue weighted by Crippen LogP contribution is -2.20. The minimum absolute atomic E-state index is 0.0602. The van der Waals surface area contributed by atoms with E-state index in [0.717, 1.165) is 25.0 Å². The smallest absolute Gasteiger partial charge is 0.356 e. The second kappa shape index (κ2) is 8.76. The minimum atomic E-state index is -4.57. The van der Waals surface area contributed by atoms with Crippen molar-refractivity contribution in [1.29, 1.82) is 0 Å². The molecule has 0 aliphatic rings. The second-order valence-corrected chi connectivity index (χ2v) is 5.44. The van der Waals surface area contributed by atoms with E-state index in [1.54, 1.807) is 0 Å². The number of amides is 2. The van der Waals surface area contributed by atoms with Crippen LogP contribution >= 0.6 is 11.6 Å². The Labute approximate surface area is 137 Å². The number of halogens is 4. The Bertz CT molecular complexity index is 562. The maximum absolute atomic E-state index is 12.7. The van der Waals surface area contributed by atoms with Crippen molar-refractivity contribution in [2.45, 2.75) is 38.8 Å². The normalized spacial score (nSPS) is 11.2. The zero-order valence-corrected chi connectivity index (χ0v) is 13.4. The Kier molecular flexibility index (Phi) is 7.35. The lowest BCUT2D eigenvalue weighted by molar-refractivity contribution is -0.137. The molecule has 0 saturated carbocycles. The van der Waals surface area contributed by atoms with Gasteiger partial charge in [-0.05, 0) is 31.0 Å². The minimum Gasteiger partial charge on any atom is -0.356 e. The number of hydrogen-bond acceptors (Lipinski definition) is 2. The standard InChI is InChI=1S/C15H18ClF3N2O2/c1-10(22)20-8-4-2-3-5-14(23)21-11-6-7-13(16)12(9-11)15(17,18)19/h6-7,9H,2-5,8H2,1H3,(H,20,22)(H,21,23). The van der Waals surface area contributed by atoms with Crippen LogP contribution in [0, 0.1) is 0 Å². The van der Waals surface area contributed by atoms with Gasteiger partial charge in [0.2, 0.25) is 11.8 Å². The first kappa shape index (κ1) is 19.3. The Balaban J connectivity index is 2.41. The zero-order valence-electron chi connectivity index (χ0n) is 12.6. The lowest BCUT2D eigenvalue weighted by atomic mass is 10.1. The van der Waals surface area contributed by atoms with Crippen LogP contribution < -0.4 is 10.6 Å². The third-order valence-electron chi connectivity index (χ3n) is 3.01. The molecule has 0 fully saturated rings. The third-order valence-corrected chi connectivity index (χ3v) is 3.34. The molecule has 0 unspecified atom stereocenters. The molecule has 0 aliphatic carbocycles. The number of unbranched alkanes of at least 4 members (excludes halogenated alkanes) is 2. The fourth-order valence-electron chi connectivity index (χ4n) is 1.90. The average Bonchev–Trinajstić information content (AvgIpc) is 2.43. The van der Waals surface area contributed by atoms with Crippen LogP contribution in [0.5, 0.6) is 0 Å². The summed E-state index contributed by atoms with van der Waals surface area (Å²) in [4.78, 5) is 22.3. The molecule has 0 radical (unpaired) electrons. The Hall–Kier alpha value is -1.76. The van der Waals surface area contributed by atoms with Gasteiger partial charge in [0.25, 0.3) is 0 Å². The van der Waals surface area contributed by atoms with Gasteiger partial charge in [0, 0.05) is 25.6 Å². The molecular weight excluding hydrogens is 333 g/mol. The summed E-state index contributed by atoms with van der Waals surface area (Å²) in [5, 5.41) is 4.66. The lowest BCUT2D eigenvalue weighted by Gasteiger charge is -2.11. The van der Waals surface area contributed by atoms with E-state index in [0.29, 0.717) is 13.0 Å². The molecule has 0 aliphatic heterocycles. The molecule has 1 aromatic rings. The number of hydrogen-bond donors (Lipinski definition) is 2. The van der Waals surface area contributed by atoms with Gasteiger partial charge in [0.05, 0.1) is 10.6 Å². The van der Waals surface area contributed by atoms with E-state index in [9.17, 15) is 22.8 Å². The first-order valence-corrected chi connectivity index (χ1v) is 7.49. The molecule has 4 nitrogen and oxygen atoms in total. The maximum Gasteiger partial charge on any atom is 0.417 e. The molecule has 0 atom stereocenters. The fourth-order valence-corrected chi connectivity index (χ4v) is 2.12. The fraction of sp³-hybridized carbons (Fsp3) is 0.467. The van der Waals surface area contributed by atoms with Gasteiger partial charge in [-0.25, -0.2) is 0 Å². The molecule has 1 aromatic carbocycles. The van der Waals surface area contributed by atoms with E-state index in [2.05, 4.69) is 10.6 Å². The van der Waals surface area contributed by atoms with E-state index >= 15 is 0 Å². The molecule has 0 spiro atoms. The highest BCUT2D eigenvalue weighted by atomic mass is 35.5. The first-order chi connectivity index (χ1) is 10.7. The predicted molar refractivity (Wildman–Crippen MR) is 82.2 cm³/mol. The van der Waals surface area contributed by atoms with Gasteiger partial charge < -0.3 is 10.6 Å². The van der Waals surface area contributed by atoms with Crippen molar-refractivity contribution in [3.8, 4) is 0 Å². The molecule has 0 bridgehead atoms. The van der Waals surface area contributed by atoms with Gasteiger partial charge in [-0.3, -0.25) is 9.59 Å². The SMILES string of the molecule is CC(=O)NCCCCCC(=O)Nc1ccc(Cl)c(C(F)(F)F)c1. The number of anilines is 1. The van der Waals surface area contributed by atoms with E-state index in [4.69, 9.17) is 11.6 Å². The van der Waals surface area contributed by atoms with Crippen molar-refractivity contribution in [3.63, 3.8) is 0 Å². The number of carbonyl (C=O) groups excluding carboxylic acids is 2. The molecule has 8 heteroatoms. The summed E-state index contributed by atoms with van der Waals surface area (Å²) in [7, 11) is 0. The number of benzene rings is 1. The van der Waals surface area contributed by atoms with Crippen molar-refractivity contribution in [3.05, 3.63) is 28.8 Å². The van der Waals surface area contributed by atoms with Gasteiger partial charge in [-0.1, -0.05) is 18.0 Å². The van der Waals surface area contributed by atoms with Crippen LogP contribution in [-0.2, 0) is 15.8 Å². The van der Waals surface area contributed by atoms with Crippen LogP contribution in [0.4, 0.5) is 18.9 Å². The highest BCUT2D eigenvalue weighted by Crippen LogP contribution is 2.36. The van der Waals surface area contributed by atoms with Crippen molar-refractivity contribution in [1.82, 2.24) is 5.32 Å².